The van der Waals surface area contributed by atoms with E-state index in [2.05, 4.69) is 32.7 Å². The third-order valence-electron chi connectivity index (χ3n) is 5.26. The van der Waals surface area contributed by atoms with E-state index < -0.39 is 10.8 Å². The minimum atomic E-state index is -0.882. The molecule has 0 saturated carbocycles. The number of nitrogens with one attached hydrogen (secondary N) is 2. The molecule has 0 spiro atoms. The van der Waals surface area contributed by atoms with Gasteiger partial charge in [-0.3, -0.25) is 14.1 Å². The molecule has 2 aromatic carbocycles. The lowest BCUT2D eigenvalue weighted by atomic mass is 10.0. The number of nitrogens with zero attached hydrogens (tertiary/aromatic N) is 2. The van der Waals surface area contributed by atoms with E-state index in [9.17, 15) is 4.21 Å². The maximum Gasteiger partial charge on any atom is 0.191 e. The van der Waals surface area contributed by atoms with Crippen molar-refractivity contribution in [2.24, 2.45) is 4.99 Å². The average Bonchev–Trinajstić information content (AvgIpc) is 2.76. The Kier molecular flexibility index (Phi) is 11.9. The van der Waals surface area contributed by atoms with E-state index in [1.807, 2.05) is 42.5 Å². The first kappa shape index (κ1) is 26.1. The van der Waals surface area contributed by atoms with E-state index >= 15 is 0 Å². The zero-order chi connectivity index (χ0) is 21.2. The van der Waals surface area contributed by atoms with Crippen LogP contribution < -0.4 is 10.6 Å². The van der Waals surface area contributed by atoms with Crippen LogP contribution in [0.1, 0.15) is 24.0 Å². The quantitative estimate of drug-likeness (QED) is 0.284. The normalized spacial score (nSPS) is 16.4. The molecular formula is C23H32ClIN4OS. The van der Waals surface area contributed by atoms with E-state index in [0.29, 0.717) is 24.1 Å². The van der Waals surface area contributed by atoms with Crippen LogP contribution in [-0.2, 0) is 23.1 Å². The first-order chi connectivity index (χ1) is 14.6. The third-order valence-corrected chi connectivity index (χ3v) is 6.83. The summed E-state index contributed by atoms with van der Waals surface area (Å²) in [5, 5.41) is 7.61. The average molecular weight is 575 g/mol. The number of hydrogen-bond acceptors (Lipinski definition) is 3. The lowest BCUT2D eigenvalue weighted by Crippen LogP contribution is -2.49. The second-order valence-electron chi connectivity index (χ2n) is 7.59. The number of rotatable bonds is 8. The van der Waals surface area contributed by atoms with Gasteiger partial charge < -0.3 is 10.6 Å². The second kappa shape index (κ2) is 14.1. The summed E-state index contributed by atoms with van der Waals surface area (Å²) in [5.74, 6) is 2.00. The van der Waals surface area contributed by atoms with Crippen molar-refractivity contribution in [2.45, 2.75) is 31.2 Å². The molecule has 1 aliphatic rings. The molecule has 0 amide bonds. The van der Waals surface area contributed by atoms with Crippen LogP contribution in [0.25, 0.3) is 0 Å². The Morgan fingerprint density at radius 2 is 1.77 bits per heavy atom. The predicted octanol–water partition coefficient (Wildman–Crippen LogP) is 4.04. The van der Waals surface area contributed by atoms with Crippen molar-refractivity contribution in [2.75, 3.05) is 32.4 Å². The number of piperidine rings is 1. The minimum absolute atomic E-state index is 0. The molecular weight excluding hydrogens is 543 g/mol. The minimum Gasteiger partial charge on any atom is -0.355 e. The molecule has 8 heteroatoms. The molecule has 2 aromatic rings. The Balaban J connectivity index is 0.00000341. The monoisotopic (exact) mass is 574 g/mol. The van der Waals surface area contributed by atoms with Gasteiger partial charge >= 0.3 is 0 Å². The summed E-state index contributed by atoms with van der Waals surface area (Å²) in [5.41, 5.74) is 2.41. The fourth-order valence-electron chi connectivity index (χ4n) is 3.59. The van der Waals surface area contributed by atoms with Crippen molar-refractivity contribution in [1.29, 1.82) is 0 Å². The molecule has 5 nitrogen and oxygen atoms in total. The molecule has 0 aromatic heterocycles. The topological polar surface area (TPSA) is 56.7 Å². The highest BCUT2D eigenvalue weighted by atomic mass is 127. The summed E-state index contributed by atoms with van der Waals surface area (Å²) in [6.45, 7) is 3.72. The fourth-order valence-corrected chi connectivity index (χ4v) is 4.75. The number of hydrogen-bond donors (Lipinski definition) is 2. The standard InChI is InChI=1S/C23H31ClN4OS.HI/c1-25-23(26-13-16-30(29)18-20-5-3-2-4-6-20)27-22-11-14-28(15-12-22)17-19-7-9-21(24)10-8-19;/h2-10,22H,11-18H2,1H3,(H2,25,26,27);1H. The lowest BCUT2D eigenvalue weighted by Gasteiger charge is -2.33. The molecule has 0 bridgehead atoms. The van der Waals surface area contributed by atoms with Gasteiger partial charge in [0.15, 0.2) is 5.96 Å². The first-order valence-corrected chi connectivity index (χ1v) is 12.3. The Bertz CT molecular complexity index is 827. The maximum atomic E-state index is 12.3. The highest BCUT2D eigenvalue weighted by Gasteiger charge is 2.20. The molecule has 2 N–H and O–H groups in total. The van der Waals surface area contributed by atoms with Crippen molar-refractivity contribution < 1.29 is 4.21 Å². The van der Waals surface area contributed by atoms with E-state index in [-0.39, 0.29) is 24.0 Å². The summed E-state index contributed by atoms with van der Waals surface area (Å²) in [4.78, 5) is 6.80. The zero-order valence-corrected chi connectivity index (χ0v) is 21.8. The van der Waals surface area contributed by atoms with Crippen molar-refractivity contribution in [3.05, 3.63) is 70.7 Å². The van der Waals surface area contributed by atoms with Crippen molar-refractivity contribution >= 4 is 52.3 Å². The maximum absolute atomic E-state index is 12.3. The largest absolute Gasteiger partial charge is 0.355 e. The molecule has 1 fully saturated rings. The Morgan fingerprint density at radius 3 is 2.42 bits per heavy atom. The van der Waals surface area contributed by atoms with Crippen molar-refractivity contribution in [3.63, 3.8) is 0 Å². The number of likely N-dealkylation sites (tertiary alicyclic amines) is 1. The number of aliphatic imine (C=N–C) groups is 1. The van der Waals surface area contributed by atoms with Crippen LogP contribution >= 0.6 is 35.6 Å². The predicted molar refractivity (Wildman–Crippen MR) is 143 cm³/mol. The van der Waals surface area contributed by atoms with Gasteiger partial charge in [0, 0.05) is 66.6 Å². The molecule has 31 heavy (non-hydrogen) atoms. The number of guanidine groups is 1. The number of benzene rings is 2. The van der Waals surface area contributed by atoms with Gasteiger partial charge in [-0.15, -0.1) is 24.0 Å². The molecule has 1 atom stereocenters. The third kappa shape index (κ3) is 9.47. The van der Waals surface area contributed by atoms with Crippen LogP contribution in [0, 0.1) is 0 Å². The van der Waals surface area contributed by atoms with Crippen LogP contribution in [0.2, 0.25) is 5.02 Å². The molecule has 1 aliphatic heterocycles. The summed E-state index contributed by atoms with van der Waals surface area (Å²) < 4.78 is 12.3. The first-order valence-electron chi connectivity index (χ1n) is 10.5. The highest BCUT2D eigenvalue weighted by molar-refractivity contribution is 14.0. The van der Waals surface area contributed by atoms with E-state index in [0.717, 1.165) is 49.0 Å². The van der Waals surface area contributed by atoms with E-state index in [4.69, 9.17) is 11.6 Å². The second-order valence-corrected chi connectivity index (χ2v) is 9.61. The van der Waals surface area contributed by atoms with E-state index in [1.54, 1.807) is 7.05 Å². The summed E-state index contributed by atoms with van der Waals surface area (Å²) in [7, 11) is 0.901. The molecule has 170 valence electrons. The highest BCUT2D eigenvalue weighted by Crippen LogP contribution is 2.16. The van der Waals surface area contributed by atoms with Gasteiger partial charge in [0.05, 0.1) is 0 Å². The molecule has 1 heterocycles. The van der Waals surface area contributed by atoms with Crippen LogP contribution in [0.4, 0.5) is 0 Å². The van der Waals surface area contributed by atoms with Crippen LogP contribution in [0.15, 0.2) is 59.6 Å². The van der Waals surface area contributed by atoms with Crippen LogP contribution in [0.5, 0.6) is 0 Å². The van der Waals surface area contributed by atoms with Crippen molar-refractivity contribution in [1.82, 2.24) is 15.5 Å². The van der Waals surface area contributed by atoms with Gasteiger partial charge in [-0.1, -0.05) is 54.1 Å². The Labute approximate surface area is 210 Å². The molecule has 1 saturated heterocycles. The SMILES string of the molecule is CN=C(NCCS(=O)Cc1ccccc1)NC1CCN(Cc2ccc(Cl)cc2)CC1.I. The Hall–Kier alpha value is -1.16. The fraction of sp³-hybridized carbons (Fsp3) is 0.435. The van der Waals surface area contributed by atoms with Gasteiger partial charge in [-0.2, -0.15) is 0 Å². The molecule has 0 radical (unpaired) electrons. The van der Waals surface area contributed by atoms with Gasteiger partial charge in [0.2, 0.25) is 0 Å². The summed E-state index contributed by atoms with van der Waals surface area (Å²) >= 11 is 5.97. The van der Waals surface area contributed by atoms with Gasteiger partial charge in [-0.05, 0) is 36.1 Å². The van der Waals surface area contributed by atoms with Crippen LogP contribution in [0.3, 0.4) is 0 Å². The number of halogens is 2. The molecule has 1 unspecified atom stereocenters. The Morgan fingerprint density at radius 1 is 1.10 bits per heavy atom. The summed E-state index contributed by atoms with van der Waals surface area (Å²) in [6.07, 6.45) is 2.16. The van der Waals surface area contributed by atoms with Gasteiger partial charge in [-0.25, -0.2) is 0 Å². The zero-order valence-electron chi connectivity index (χ0n) is 17.9. The molecule has 0 aliphatic carbocycles. The summed E-state index contributed by atoms with van der Waals surface area (Å²) in [6, 6.07) is 18.5. The smallest absolute Gasteiger partial charge is 0.191 e. The van der Waals surface area contributed by atoms with E-state index in [1.165, 1.54) is 5.56 Å². The lowest BCUT2D eigenvalue weighted by molar-refractivity contribution is 0.198. The van der Waals surface area contributed by atoms with Gasteiger partial charge in [0.25, 0.3) is 0 Å². The van der Waals surface area contributed by atoms with Gasteiger partial charge in [0.1, 0.15) is 0 Å². The van der Waals surface area contributed by atoms with Crippen molar-refractivity contribution in [3.8, 4) is 0 Å². The molecule has 3 rings (SSSR count). The van der Waals surface area contributed by atoms with Crippen LogP contribution in [-0.4, -0.2) is 53.5 Å².